The number of aromatic nitrogens is 1. The minimum atomic E-state index is -3.57. The standard InChI is InChI=1S/C16H20N4O3S/c1-12-3-6-14(7-4-12)24(22,23)19-10-9-17-16(21)20-15-8-5-13(2)11-18-15/h3-8,11,19H,9-10H2,1-2H3,(H2,17,18,20,21). The fourth-order valence-electron chi connectivity index (χ4n) is 1.86. The first-order valence-electron chi connectivity index (χ1n) is 7.41. The SMILES string of the molecule is Cc1ccc(S(=O)(=O)NCCNC(=O)Nc2ccc(C)cn2)cc1. The van der Waals surface area contributed by atoms with Gasteiger partial charge in [0.2, 0.25) is 10.0 Å². The third-order valence-corrected chi connectivity index (χ3v) is 4.66. The number of pyridine rings is 1. The van der Waals surface area contributed by atoms with Crippen LogP contribution < -0.4 is 15.4 Å². The van der Waals surface area contributed by atoms with Gasteiger partial charge in [-0.3, -0.25) is 5.32 Å². The predicted octanol–water partition coefficient (Wildman–Crippen LogP) is 1.80. The summed E-state index contributed by atoms with van der Waals surface area (Å²) in [5.74, 6) is 0.429. The minimum absolute atomic E-state index is 0.0883. The summed E-state index contributed by atoms with van der Waals surface area (Å²) in [6.07, 6.45) is 1.64. The topological polar surface area (TPSA) is 100 Å². The van der Waals surface area contributed by atoms with Crippen LogP contribution in [0.4, 0.5) is 10.6 Å². The van der Waals surface area contributed by atoms with Crippen molar-refractivity contribution in [3.8, 4) is 0 Å². The van der Waals surface area contributed by atoms with E-state index in [0.29, 0.717) is 5.82 Å². The van der Waals surface area contributed by atoms with Crippen molar-refractivity contribution in [3.05, 3.63) is 53.7 Å². The van der Waals surface area contributed by atoms with Gasteiger partial charge >= 0.3 is 6.03 Å². The molecule has 2 rings (SSSR count). The van der Waals surface area contributed by atoms with Gasteiger partial charge in [0.15, 0.2) is 0 Å². The molecule has 1 aromatic carbocycles. The molecule has 0 aliphatic carbocycles. The van der Waals surface area contributed by atoms with E-state index in [1.54, 1.807) is 36.5 Å². The molecule has 1 heterocycles. The molecule has 0 bridgehead atoms. The lowest BCUT2D eigenvalue weighted by Crippen LogP contribution is -2.36. The van der Waals surface area contributed by atoms with E-state index in [4.69, 9.17) is 0 Å². The molecule has 2 aromatic rings. The normalized spacial score (nSPS) is 11.1. The number of carbonyl (C=O) groups is 1. The molecule has 128 valence electrons. The minimum Gasteiger partial charge on any atom is -0.337 e. The Morgan fingerprint density at radius 3 is 2.29 bits per heavy atom. The van der Waals surface area contributed by atoms with Crippen LogP contribution in [-0.4, -0.2) is 32.5 Å². The van der Waals surface area contributed by atoms with Crippen molar-refractivity contribution in [1.82, 2.24) is 15.0 Å². The van der Waals surface area contributed by atoms with E-state index < -0.39 is 16.1 Å². The number of sulfonamides is 1. The van der Waals surface area contributed by atoms with Crippen LogP contribution in [0, 0.1) is 13.8 Å². The molecule has 0 aliphatic heterocycles. The van der Waals surface area contributed by atoms with Gasteiger partial charge in [0, 0.05) is 19.3 Å². The zero-order chi connectivity index (χ0) is 17.6. The summed E-state index contributed by atoms with van der Waals surface area (Å²) in [5.41, 5.74) is 1.98. The van der Waals surface area contributed by atoms with E-state index in [2.05, 4.69) is 20.3 Å². The summed E-state index contributed by atoms with van der Waals surface area (Å²) in [7, 11) is -3.57. The van der Waals surface area contributed by atoms with E-state index in [1.807, 2.05) is 19.9 Å². The van der Waals surface area contributed by atoms with Crippen molar-refractivity contribution in [1.29, 1.82) is 0 Å². The molecule has 0 atom stereocenters. The van der Waals surface area contributed by atoms with Gasteiger partial charge in [-0.25, -0.2) is 22.9 Å². The highest BCUT2D eigenvalue weighted by molar-refractivity contribution is 7.89. The number of aryl methyl sites for hydroxylation is 2. The maximum Gasteiger partial charge on any atom is 0.320 e. The molecular formula is C16H20N4O3S. The van der Waals surface area contributed by atoms with Crippen molar-refractivity contribution < 1.29 is 13.2 Å². The number of hydrogen-bond donors (Lipinski definition) is 3. The number of nitrogens with one attached hydrogen (secondary N) is 3. The first-order chi connectivity index (χ1) is 11.4. The van der Waals surface area contributed by atoms with E-state index in [1.165, 1.54) is 0 Å². The van der Waals surface area contributed by atoms with Gasteiger partial charge in [0.25, 0.3) is 0 Å². The molecule has 0 fully saturated rings. The van der Waals surface area contributed by atoms with Crippen molar-refractivity contribution in [2.75, 3.05) is 18.4 Å². The van der Waals surface area contributed by atoms with Gasteiger partial charge < -0.3 is 5.32 Å². The Kier molecular flexibility index (Phi) is 5.88. The van der Waals surface area contributed by atoms with Gasteiger partial charge in [0.1, 0.15) is 5.82 Å². The Morgan fingerprint density at radius 2 is 1.67 bits per heavy atom. The lowest BCUT2D eigenvalue weighted by Gasteiger charge is -2.09. The number of benzene rings is 1. The first-order valence-corrected chi connectivity index (χ1v) is 8.89. The number of rotatable bonds is 6. The lowest BCUT2D eigenvalue weighted by atomic mass is 10.2. The largest absolute Gasteiger partial charge is 0.337 e. The van der Waals surface area contributed by atoms with E-state index >= 15 is 0 Å². The van der Waals surface area contributed by atoms with Crippen LogP contribution >= 0.6 is 0 Å². The quantitative estimate of drug-likeness (QED) is 0.693. The summed E-state index contributed by atoms with van der Waals surface area (Å²) in [5, 5.41) is 5.13. The van der Waals surface area contributed by atoms with E-state index in [-0.39, 0.29) is 18.0 Å². The molecule has 0 radical (unpaired) electrons. The van der Waals surface area contributed by atoms with E-state index in [9.17, 15) is 13.2 Å². The molecule has 7 nitrogen and oxygen atoms in total. The molecule has 1 aromatic heterocycles. The highest BCUT2D eigenvalue weighted by atomic mass is 32.2. The summed E-state index contributed by atoms with van der Waals surface area (Å²) in [6.45, 7) is 4.03. The Balaban J connectivity index is 1.76. The van der Waals surface area contributed by atoms with Crippen LogP contribution in [0.1, 0.15) is 11.1 Å². The Morgan fingerprint density at radius 1 is 1.00 bits per heavy atom. The van der Waals surface area contributed by atoms with Crippen LogP contribution in [-0.2, 0) is 10.0 Å². The molecule has 2 amide bonds. The smallest absolute Gasteiger partial charge is 0.320 e. The molecule has 0 aliphatic rings. The van der Waals surface area contributed by atoms with Crippen molar-refractivity contribution in [2.45, 2.75) is 18.7 Å². The van der Waals surface area contributed by atoms with Gasteiger partial charge in [0.05, 0.1) is 4.90 Å². The second-order valence-electron chi connectivity index (χ2n) is 5.31. The Hall–Kier alpha value is -2.45. The number of nitrogens with zero attached hydrogens (tertiary/aromatic N) is 1. The average molecular weight is 348 g/mol. The van der Waals surface area contributed by atoms with Crippen molar-refractivity contribution in [2.24, 2.45) is 0 Å². The zero-order valence-corrected chi connectivity index (χ0v) is 14.4. The third-order valence-electron chi connectivity index (χ3n) is 3.19. The zero-order valence-electron chi connectivity index (χ0n) is 13.5. The van der Waals surface area contributed by atoms with Gasteiger partial charge in [-0.15, -0.1) is 0 Å². The molecule has 8 heteroatoms. The maximum atomic E-state index is 12.1. The maximum absolute atomic E-state index is 12.1. The summed E-state index contributed by atoms with van der Waals surface area (Å²) in [6, 6.07) is 9.62. The fraction of sp³-hybridized carbons (Fsp3) is 0.250. The lowest BCUT2D eigenvalue weighted by molar-refractivity contribution is 0.252. The molecule has 24 heavy (non-hydrogen) atoms. The Bertz CT molecular complexity index is 787. The van der Waals surface area contributed by atoms with E-state index in [0.717, 1.165) is 11.1 Å². The van der Waals surface area contributed by atoms with Gasteiger partial charge in [-0.2, -0.15) is 0 Å². The molecule has 3 N–H and O–H groups in total. The van der Waals surface area contributed by atoms with Crippen LogP contribution in [0.25, 0.3) is 0 Å². The number of anilines is 1. The summed E-state index contributed by atoms with van der Waals surface area (Å²) >= 11 is 0. The molecule has 0 saturated carbocycles. The second-order valence-corrected chi connectivity index (χ2v) is 7.08. The number of amides is 2. The molecule has 0 unspecified atom stereocenters. The third kappa shape index (κ3) is 5.32. The average Bonchev–Trinajstić information content (AvgIpc) is 2.54. The number of hydrogen-bond acceptors (Lipinski definition) is 4. The summed E-state index contributed by atoms with van der Waals surface area (Å²) in [4.78, 5) is 15.9. The monoisotopic (exact) mass is 348 g/mol. The van der Waals surface area contributed by atoms with Gasteiger partial charge in [-0.1, -0.05) is 23.8 Å². The van der Waals surface area contributed by atoms with Crippen molar-refractivity contribution in [3.63, 3.8) is 0 Å². The van der Waals surface area contributed by atoms with Crippen LogP contribution in [0.3, 0.4) is 0 Å². The highest BCUT2D eigenvalue weighted by Gasteiger charge is 2.12. The van der Waals surface area contributed by atoms with Crippen LogP contribution in [0.15, 0.2) is 47.5 Å². The molecule has 0 saturated heterocycles. The second kappa shape index (κ2) is 7.89. The molecular weight excluding hydrogens is 328 g/mol. The Labute approximate surface area is 141 Å². The fourth-order valence-corrected chi connectivity index (χ4v) is 2.90. The summed E-state index contributed by atoms with van der Waals surface area (Å²) < 4.78 is 26.6. The first kappa shape index (κ1) is 17.9. The van der Waals surface area contributed by atoms with Crippen molar-refractivity contribution >= 4 is 21.9 Å². The van der Waals surface area contributed by atoms with Crippen LogP contribution in [0.5, 0.6) is 0 Å². The van der Waals surface area contributed by atoms with Gasteiger partial charge in [-0.05, 0) is 37.6 Å². The predicted molar refractivity (Wildman–Crippen MR) is 92.4 cm³/mol. The highest BCUT2D eigenvalue weighted by Crippen LogP contribution is 2.09. The number of urea groups is 1. The van der Waals surface area contributed by atoms with Crippen LogP contribution in [0.2, 0.25) is 0 Å². The number of carbonyl (C=O) groups excluding carboxylic acids is 1. The molecule has 0 spiro atoms.